The lowest BCUT2D eigenvalue weighted by molar-refractivity contribution is -0.0545. The van der Waals surface area contributed by atoms with Gasteiger partial charge in [-0.1, -0.05) is 6.07 Å². The zero-order valence-corrected chi connectivity index (χ0v) is 12.7. The fraction of sp³-hybridized carbons (Fsp3) is 0.625. The number of ether oxygens (including phenoxy) is 3. The Bertz CT molecular complexity index is 422. The van der Waals surface area contributed by atoms with E-state index in [0.29, 0.717) is 0 Å². The summed E-state index contributed by atoms with van der Waals surface area (Å²) in [5.41, 5.74) is 1.27. The minimum atomic E-state index is 0.281. The highest BCUT2D eigenvalue weighted by Gasteiger charge is 2.21. The first-order valence-corrected chi connectivity index (χ1v) is 7.26. The molecule has 1 aliphatic rings. The minimum Gasteiger partial charge on any atom is -0.493 e. The summed E-state index contributed by atoms with van der Waals surface area (Å²) in [6, 6.07) is 6.13. The summed E-state index contributed by atoms with van der Waals surface area (Å²) in [4.78, 5) is 2.43. The Morgan fingerprint density at radius 2 is 1.90 bits per heavy atom. The molecule has 1 fully saturated rings. The van der Waals surface area contributed by atoms with E-state index >= 15 is 0 Å². The number of benzene rings is 1. The van der Waals surface area contributed by atoms with Crippen LogP contribution in [0.2, 0.25) is 0 Å². The summed E-state index contributed by atoms with van der Waals surface area (Å²) in [5, 5.41) is 0. The third kappa shape index (κ3) is 3.64. The van der Waals surface area contributed by atoms with E-state index in [1.807, 2.05) is 6.07 Å². The molecule has 0 aliphatic carbocycles. The molecule has 1 atom stereocenters. The molecule has 0 saturated carbocycles. The van der Waals surface area contributed by atoms with Crippen LogP contribution in [0.4, 0.5) is 0 Å². The predicted octanol–water partition coefficient (Wildman–Crippen LogP) is 2.70. The quantitative estimate of drug-likeness (QED) is 0.801. The maximum atomic E-state index is 5.55. The molecule has 1 aliphatic heterocycles. The maximum Gasteiger partial charge on any atom is 0.160 e. The smallest absolute Gasteiger partial charge is 0.160 e. The Hall–Kier alpha value is -1.26. The van der Waals surface area contributed by atoms with Crippen LogP contribution in [0.3, 0.4) is 0 Å². The summed E-state index contributed by atoms with van der Waals surface area (Å²) in [7, 11) is 5.14. The molecule has 4 nitrogen and oxygen atoms in total. The third-order valence-corrected chi connectivity index (χ3v) is 3.96. The molecule has 1 unspecified atom stereocenters. The van der Waals surface area contributed by atoms with Crippen molar-refractivity contribution >= 4 is 0 Å². The van der Waals surface area contributed by atoms with Crippen LogP contribution in [0, 0.1) is 0 Å². The average Bonchev–Trinajstić information content (AvgIpc) is 2.52. The van der Waals surface area contributed by atoms with E-state index in [1.165, 1.54) is 18.4 Å². The lowest BCUT2D eigenvalue weighted by atomic mass is 10.1. The first-order valence-electron chi connectivity index (χ1n) is 7.26. The van der Waals surface area contributed by atoms with E-state index in [9.17, 15) is 0 Å². The molecule has 1 aromatic carbocycles. The van der Waals surface area contributed by atoms with Crippen molar-refractivity contribution in [3.05, 3.63) is 23.8 Å². The van der Waals surface area contributed by atoms with E-state index in [2.05, 4.69) is 17.0 Å². The Balaban J connectivity index is 1.96. The van der Waals surface area contributed by atoms with Crippen molar-refractivity contribution in [2.24, 2.45) is 0 Å². The zero-order chi connectivity index (χ0) is 14.4. The lowest BCUT2D eigenvalue weighted by Gasteiger charge is -2.34. The van der Waals surface area contributed by atoms with Gasteiger partial charge < -0.3 is 14.2 Å². The van der Waals surface area contributed by atoms with Gasteiger partial charge in [0, 0.05) is 20.2 Å². The topological polar surface area (TPSA) is 30.9 Å². The van der Waals surface area contributed by atoms with E-state index in [1.54, 1.807) is 21.3 Å². The van der Waals surface area contributed by atoms with Gasteiger partial charge in [-0.2, -0.15) is 0 Å². The van der Waals surface area contributed by atoms with Crippen LogP contribution in [0.5, 0.6) is 11.5 Å². The molecule has 0 radical (unpaired) electrons. The Morgan fingerprint density at radius 3 is 2.60 bits per heavy atom. The number of piperidine rings is 1. The van der Waals surface area contributed by atoms with Crippen molar-refractivity contribution in [2.75, 3.05) is 34.4 Å². The first-order chi connectivity index (χ1) is 9.78. The van der Waals surface area contributed by atoms with Gasteiger partial charge in [-0.3, -0.25) is 4.90 Å². The Morgan fingerprint density at radius 1 is 1.10 bits per heavy atom. The molecule has 1 saturated heterocycles. The van der Waals surface area contributed by atoms with Crippen molar-refractivity contribution in [3.8, 4) is 11.5 Å². The summed E-state index contributed by atoms with van der Waals surface area (Å²) in [6.45, 7) is 2.15. The zero-order valence-electron chi connectivity index (χ0n) is 12.7. The summed E-state index contributed by atoms with van der Waals surface area (Å²) in [5.74, 6) is 1.58. The first kappa shape index (κ1) is 15.1. The van der Waals surface area contributed by atoms with Gasteiger partial charge in [0.15, 0.2) is 11.5 Å². The number of likely N-dealkylation sites (tertiary alicyclic amines) is 1. The number of hydrogen-bond acceptors (Lipinski definition) is 4. The van der Waals surface area contributed by atoms with Gasteiger partial charge in [-0.15, -0.1) is 0 Å². The summed E-state index contributed by atoms with van der Waals surface area (Å²) in [6.07, 6.45) is 4.96. The number of nitrogens with zero attached hydrogens (tertiary/aromatic N) is 1. The fourth-order valence-electron chi connectivity index (χ4n) is 2.79. The van der Waals surface area contributed by atoms with Crippen LogP contribution in [0.25, 0.3) is 0 Å². The number of rotatable bonds is 6. The van der Waals surface area contributed by atoms with Crippen LogP contribution in [0.15, 0.2) is 18.2 Å². The lowest BCUT2D eigenvalue weighted by Crippen LogP contribution is -2.41. The van der Waals surface area contributed by atoms with Crippen molar-refractivity contribution in [2.45, 2.75) is 31.9 Å². The SMILES string of the molecule is COc1ccc(CCN2CCCCC2OC)cc1OC. The van der Waals surface area contributed by atoms with Crippen molar-refractivity contribution in [1.82, 2.24) is 4.90 Å². The minimum absolute atomic E-state index is 0.281. The molecule has 0 N–H and O–H groups in total. The predicted molar refractivity (Wildman–Crippen MR) is 79.5 cm³/mol. The highest BCUT2D eigenvalue weighted by molar-refractivity contribution is 5.42. The molecule has 4 heteroatoms. The van der Waals surface area contributed by atoms with Crippen LogP contribution in [0.1, 0.15) is 24.8 Å². The van der Waals surface area contributed by atoms with Gasteiger partial charge in [-0.25, -0.2) is 0 Å². The second-order valence-electron chi connectivity index (χ2n) is 5.16. The molecule has 20 heavy (non-hydrogen) atoms. The van der Waals surface area contributed by atoms with E-state index in [4.69, 9.17) is 14.2 Å². The number of methoxy groups -OCH3 is 3. The van der Waals surface area contributed by atoms with Gasteiger partial charge in [0.2, 0.25) is 0 Å². The summed E-state index contributed by atoms with van der Waals surface area (Å²) >= 11 is 0. The van der Waals surface area contributed by atoms with Crippen LogP contribution >= 0.6 is 0 Å². The van der Waals surface area contributed by atoms with Gasteiger partial charge in [0.1, 0.15) is 6.23 Å². The molecule has 0 amide bonds. The van der Waals surface area contributed by atoms with E-state index in [-0.39, 0.29) is 6.23 Å². The molecule has 1 heterocycles. The third-order valence-electron chi connectivity index (χ3n) is 3.96. The van der Waals surface area contributed by atoms with E-state index in [0.717, 1.165) is 37.4 Å². The highest BCUT2D eigenvalue weighted by Crippen LogP contribution is 2.28. The average molecular weight is 279 g/mol. The molecule has 1 aromatic rings. The molecule has 0 bridgehead atoms. The molecular weight excluding hydrogens is 254 g/mol. The van der Waals surface area contributed by atoms with Crippen molar-refractivity contribution < 1.29 is 14.2 Å². The van der Waals surface area contributed by atoms with Crippen molar-refractivity contribution in [1.29, 1.82) is 0 Å². The molecular formula is C16H25NO3. The van der Waals surface area contributed by atoms with Crippen LogP contribution in [-0.2, 0) is 11.2 Å². The second-order valence-corrected chi connectivity index (χ2v) is 5.16. The maximum absolute atomic E-state index is 5.55. The van der Waals surface area contributed by atoms with Crippen LogP contribution in [-0.4, -0.2) is 45.5 Å². The largest absolute Gasteiger partial charge is 0.493 e. The molecule has 2 rings (SSSR count). The number of hydrogen-bond donors (Lipinski definition) is 0. The summed E-state index contributed by atoms with van der Waals surface area (Å²) < 4.78 is 16.2. The van der Waals surface area contributed by atoms with Crippen LogP contribution < -0.4 is 9.47 Å². The van der Waals surface area contributed by atoms with Gasteiger partial charge in [0.05, 0.1) is 14.2 Å². The highest BCUT2D eigenvalue weighted by atomic mass is 16.5. The Kier molecular flexibility index (Phi) is 5.68. The normalized spacial score (nSPS) is 19.9. The van der Waals surface area contributed by atoms with E-state index < -0.39 is 0 Å². The molecule has 0 aromatic heterocycles. The Labute approximate surface area is 121 Å². The standard InChI is InChI=1S/C16H25NO3/c1-18-14-8-7-13(12-15(14)19-2)9-11-17-10-5-4-6-16(17)20-3/h7-8,12,16H,4-6,9-11H2,1-3H3. The molecule has 0 spiro atoms. The fourth-order valence-corrected chi connectivity index (χ4v) is 2.79. The van der Waals surface area contributed by atoms with Crippen molar-refractivity contribution in [3.63, 3.8) is 0 Å². The molecule has 112 valence electrons. The van der Waals surface area contributed by atoms with Gasteiger partial charge >= 0.3 is 0 Å². The van der Waals surface area contributed by atoms with Gasteiger partial charge in [-0.05, 0) is 43.4 Å². The second kappa shape index (κ2) is 7.50. The monoisotopic (exact) mass is 279 g/mol. The van der Waals surface area contributed by atoms with Gasteiger partial charge in [0.25, 0.3) is 0 Å².